The Balaban J connectivity index is 1.84. The number of pyridine rings is 1. The van der Waals surface area contributed by atoms with E-state index in [9.17, 15) is 4.79 Å². The molecule has 3 aromatic rings. The number of hydrogen-bond donors (Lipinski definition) is 0. The topological polar surface area (TPSA) is 48.4 Å². The van der Waals surface area contributed by atoms with Gasteiger partial charge in [0.05, 0.1) is 17.1 Å². The van der Waals surface area contributed by atoms with Crippen molar-refractivity contribution in [2.75, 3.05) is 6.61 Å². The van der Waals surface area contributed by atoms with E-state index in [1.54, 1.807) is 13.0 Å². The van der Waals surface area contributed by atoms with E-state index >= 15 is 0 Å². The average molecular weight is 342 g/mol. The van der Waals surface area contributed by atoms with Gasteiger partial charge in [0.25, 0.3) is 0 Å². The Labute approximate surface area is 145 Å². The third-order valence-corrected chi connectivity index (χ3v) is 3.78. The molecule has 1 aromatic heterocycles. The van der Waals surface area contributed by atoms with Crippen molar-refractivity contribution in [2.24, 2.45) is 0 Å². The molecule has 0 N–H and O–H groups in total. The normalized spacial score (nSPS) is 10.6. The van der Waals surface area contributed by atoms with Crippen molar-refractivity contribution in [3.05, 3.63) is 70.9 Å². The molecule has 0 fully saturated rings. The van der Waals surface area contributed by atoms with Crippen LogP contribution in [0.15, 0.2) is 54.6 Å². The molecule has 0 saturated heterocycles. The molecule has 2 aromatic carbocycles. The van der Waals surface area contributed by atoms with E-state index in [0.29, 0.717) is 29.5 Å². The zero-order valence-electron chi connectivity index (χ0n) is 13.2. The lowest BCUT2D eigenvalue weighted by atomic mass is 10.2. The van der Waals surface area contributed by atoms with E-state index in [4.69, 9.17) is 21.1 Å². The summed E-state index contributed by atoms with van der Waals surface area (Å²) < 4.78 is 10.8. The summed E-state index contributed by atoms with van der Waals surface area (Å²) in [4.78, 5) is 16.1. The number of halogens is 1. The largest absolute Gasteiger partial charge is 0.489 e. The zero-order chi connectivity index (χ0) is 16.9. The molecule has 0 unspecified atom stereocenters. The summed E-state index contributed by atoms with van der Waals surface area (Å²) in [7, 11) is 0. The number of carbonyl (C=O) groups is 1. The monoisotopic (exact) mass is 341 g/mol. The minimum atomic E-state index is -0.481. The van der Waals surface area contributed by atoms with Crippen LogP contribution in [0, 0.1) is 0 Å². The van der Waals surface area contributed by atoms with Crippen LogP contribution in [0.3, 0.4) is 0 Å². The SMILES string of the molecule is CCOC(=O)c1cc(Cl)c2cc(OCc3ccccc3)ccc2n1. The van der Waals surface area contributed by atoms with Crippen LogP contribution in [-0.2, 0) is 11.3 Å². The summed E-state index contributed by atoms with van der Waals surface area (Å²) in [5.74, 6) is 0.213. The lowest BCUT2D eigenvalue weighted by Crippen LogP contribution is -2.07. The van der Waals surface area contributed by atoms with Crippen molar-refractivity contribution in [3.8, 4) is 5.75 Å². The molecule has 0 aliphatic rings. The van der Waals surface area contributed by atoms with Gasteiger partial charge in [-0.05, 0) is 36.8 Å². The van der Waals surface area contributed by atoms with Crippen LogP contribution in [0.1, 0.15) is 23.0 Å². The van der Waals surface area contributed by atoms with E-state index in [2.05, 4.69) is 4.98 Å². The number of carbonyl (C=O) groups excluding carboxylic acids is 1. The molecule has 3 rings (SSSR count). The minimum absolute atomic E-state index is 0.201. The Hall–Kier alpha value is -2.59. The first-order chi connectivity index (χ1) is 11.7. The summed E-state index contributed by atoms with van der Waals surface area (Å²) in [5.41, 5.74) is 1.91. The van der Waals surface area contributed by atoms with Gasteiger partial charge < -0.3 is 9.47 Å². The molecule has 0 radical (unpaired) electrons. The molecule has 0 aliphatic heterocycles. The van der Waals surface area contributed by atoms with Crippen LogP contribution in [0.5, 0.6) is 5.75 Å². The van der Waals surface area contributed by atoms with Gasteiger partial charge >= 0.3 is 5.97 Å². The van der Waals surface area contributed by atoms with E-state index in [0.717, 1.165) is 10.9 Å². The summed E-state index contributed by atoms with van der Waals surface area (Å²) in [6.45, 7) is 2.51. The fraction of sp³-hybridized carbons (Fsp3) is 0.158. The Morgan fingerprint density at radius 3 is 2.67 bits per heavy atom. The molecule has 0 amide bonds. The fourth-order valence-electron chi connectivity index (χ4n) is 2.30. The highest BCUT2D eigenvalue weighted by molar-refractivity contribution is 6.35. The molecular formula is C19H16ClNO3. The minimum Gasteiger partial charge on any atom is -0.489 e. The standard InChI is InChI=1S/C19H16ClNO3/c1-2-23-19(22)18-11-16(20)15-10-14(8-9-17(15)21-18)24-12-13-6-4-3-5-7-13/h3-11H,2,12H2,1H3. The average Bonchev–Trinajstić information content (AvgIpc) is 2.61. The highest BCUT2D eigenvalue weighted by atomic mass is 35.5. The fourth-order valence-corrected chi connectivity index (χ4v) is 2.56. The van der Waals surface area contributed by atoms with E-state index < -0.39 is 5.97 Å². The number of aromatic nitrogens is 1. The van der Waals surface area contributed by atoms with E-state index in [1.807, 2.05) is 42.5 Å². The second-order valence-corrected chi connectivity index (χ2v) is 5.57. The van der Waals surface area contributed by atoms with Crippen LogP contribution in [-0.4, -0.2) is 17.6 Å². The van der Waals surface area contributed by atoms with Gasteiger partial charge in [-0.15, -0.1) is 0 Å². The number of ether oxygens (including phenoxy) is 2. The molecule has 0 bridgehead atoms. The highest BCUT2D eigenvalue weighted by Gasteiger charge is 2.12. The van der Waals surface area contributed by atoms with Gasteiger partial charge in [0.15, 0.2) is 5.69 Å². The molecule has 1 heterocycles. The summed E-state index contributed by atoms with van der Waals surface area (Å²) >= 11 is 6.29. The second kappa shape index (κ2) is 7.32. The smallest absolute Gasteiger partial charge is 0.356 e. The predicted molar refractivity (Wildman–Crippen MR) is 93.5 cm³/mol. The number of nitrogens with zero attached hydrogens (tertiary/aromatic N) is 1. The molecule has 0 aliphatic carbocycles. The number of hydrogen-bond acceptors (Lipinski definition) is 4. The van der Waals surface area contributed by atoms with Crippen LogP contribution < -0.4 is 4.74 Å². The first-order valence-corrected chi connectivity index (χ1v) is 7.99. The van der Waals surface area contributed by atoms with Gasteiger partial charge in [0.1, 0.15) is 12.4 Å². The maximum atomic E-state index is 11.8. The van der Waals surface area contributed by atoms with Gasteiger partial charge in [-0.1, -0.05) is 41.9 Å². The maximum absolute atomic E-state index is 11.8. The summed E-state index contributed by atoms with van der Waals surface area (Å²) in [5, 5.41) is 1.17. The van der Waals surface area contributed by atoms with Crippen LogP contribution in [0.25, 0.3) is 10.9 Å². The van der Waals surface area contributed by atoms with Gasteiger partial charge in [0, 0.05) is 5.39 Å². The van der Waals surface area contributed by atoms with Crippen molar-refractivity contribution in [2.45, 2.75) is 13.5 Å². The molecule has 0 spiro atoms. The summed E-state index contributed by atoms with van der Waals surface area (Å²) in [6, 6.07) is 16.8. The Morgan fingerprint density at radius 2 is 1.92 bits per heavy atom. The Kier molecular flexibility index (Phi) is 4.96. The van der Waals surface area contributed by atoms with Crippen molar-refractivity contribution in [3.63, 3.8) is 0 Å². The zero-order valence-corrected chi connectivity index (χ0v) is 13.9. The molecule has 4 nitrogen and oxygen atoms in total. The maximum Gasteiger partial charge on any atom is 0.356 e. The van der Waals surface area contributed by atoms with Gasteiger partial charge in [-0.25, -0.2) is 9.78 Å². The van der Waals surface area contributed by atoms with E-state index in [1.165, 1.54) is 6.07 Å². The number of fused-ring (bicyclic) bond motifs is 1. The molecule has 24 heavy (non-hydrogen) atoms. The lowest BCUT2D eigenvalue weighted by molar-refractivity contribution is 0.0520. The quantitative estimate of drug-likeness (QED) is 0.634. The van der Waals surface area contributed by atoms with Crippen LogP contribution >= 0.6 is 11.6 Å². The van der Waals surface area contributed by atoms with E-state index in [-0.39, 0.29) is 5.69 Å². The Bertz CT molecular complexity index is 865. The first kappa shape index (κ1) is 16.3. The molecule has 0 saturated carbocycles. The highest BCUT2D eigenvalue weighted by Crippen LogP contribution is 2.27. The van der Waals surface area contributed by atoms with Crippen molar-refractivity contribution >= 4 is 28.5 Å². The first-order valence-electron chi connectivity index (χ1n) is 7.61. The van der Waals surface area contributed by atoms with Crippen molar-refractivity contribution in [1.82, 2.24) is 4.98 Å². The molecule has 0 atom stereocenters. The van der Waals surface area contributed by atoms with Crippen molar-refractivity contribution in [1.29, 1.82) is 0 Å². The van der Waals surface area contributed by atoms with Crippen LogP contribution in [0.2, 0.25) is 5.02 Å². The number of rotatable bonds is 5. The number of esters is 1. The molecule has 122 valence electrons. The van der Waals surface area contributed by atoms with Gasteiger partial charge in [-0.3, -0.25) is 0 Å². The van der Waals surface area contributed by atoms with Crippen LogP contribution in [0.4, 0.5) is 0 Å². The third-order valence-electron chi connectivity index (χ3n) is 3.46. The number of benzene rings is 2. The summed E-state index contributed by atoms with van der Waals surface area (Å²) in [6.07, 6.45) is 0. The lowest BCUT2D eigenvalue weighted by Gasteiger charge is -2.09. The predicted octanol–water partition coefficient (Wildman–Crippen LogP) is 4.64. The third kappa shape index (κ3) is 3.66. The van der Waals surface area contributed by atoms with Gasteiger partial charge in [-0.2, -0.15) is 0 Å². The second-order valence-electron chi connectivity index (χ2n) is 5.16. The van der Waals surface area contributed by atoms with Gasteiger partial charge in [0.2, 0.25) is 0 Å². The molecule has 5 heteroatoms. The Morgan fingerprint density at radius 1 is 1.12 bits per heavy atom. The van der Waals surface area contributed by atoms with Crippen molar-refractivity contribution < 1.29 is 14.3 Å². The molecular weight excluding hydrogens is 326 g/mol.